The predicted molar refractivity (Wildman–Crippen MR) is 55.7 cm³/mol. The minimum atomic E-state index is -0.742. The molecule has 0 aromatic rings. The van der Waals surface area contributed by atoms with Gasteiger partial charge in [-0.05, 0) is 13.3 Å². The van der Waals surface area contributed by atoms with Gasteiger partial charge in [-0.15, -0.1) is 0 Å². The van der Waals surface area contributed by atoms with Gasteiger partial charge in [-0.25, -0.2) is 4.79 Å². The second kappa shape index (κ2) is 4.05. The molecule has 2 aliphatic heterocycles. The van der Waals surface area contributed by atoms with Crippen LogP contribution in [0.3, 0.4) is 0 Å². The summed E-state index contributed by atoms with van der Waals surface area (Å²) in [5.74, 6) is -0.243. The van der Waals surface area contributed by atoms with E-state index < -0.39 is 5.54 Å². The number of hydrogen-bond acceptors (Lipinski definition) is 4. The molecular weight excluding hydrogens is 210 g/mol. The third kappa shape index (κ3) is 1.50. The summed E-state index contributed by atoms with van der Waals surface area (Å²) in [5.41, 5.74) is -0.742. The molecule has 2 rings (SSSR count). The molecule has 0 aromatic carbocycles. The van der Waals surface area contributed by atoms with E-state index in [2.05, 4.69) is 0 Å². The van der Waals surface area contributed by atoms with Gasteiger partial charge in [0.15, 0.2) is 0 Å². The number of ether oxygens (including phenoxy) is 2. The van der Waals surface area contributed by atoms with Crippen molar-refractivity contribution in [3.05, 3.63) is 0 Å². The van der Waals surface area contributed by atoms with Crippen LogP contribution < -0.4 is 0 Å². The molecule has 2 aliphatic rings. The molecule has 0 bridgehead atoms. The SMILES string of the molecule is CCOC(=O)[C@@]12CCC(=O)N1CC(OC)C2. The highest BCUT2D eigenvalue weighted by Crippen LogP contribution is 2.41. The number of carbonyl (C=O) groups excluding carboxylic acids is 2. The highest BCUT2D eigenvalue weighted by atomic mass is 16.5. The Kier molecular flexibility index (Phi) is 2.88. The minimum Gasteiger partial charge on any atom is -0.464 e. The van der Waals surface area contributed by atoms with Crippen LogP contribution in [0.4, 0.5) is 0 Å². The lowest BCUT2D eigenvalue weighted by Gasteiger charge is -2.28. The number of nitrogens with zero attached hydrogens (tertiary/aromatic N) is 1. The van der Waals surface area contributed by atoms with Crippen molar-refractivity contribution in [2.75, 3.05) is 20.3 Å². The molecule has 0 saturated carbocycles. The van der Waals surface area contributed by atoms with Crippen molar-refractivity contribution in [2.45, 2.75) is 37.8 Å². The third-order valence-corrected chi connectivity index (χ3v) is 3.51. The molecule has 0 aliphatic carbocycles. The molecule has 1 amide bonds. The number of amides is 1. The molecular formula is C11H17NO4. The molecule has 16 heavy (non-hydrogen) atoms. The van der Waals surface area contributed by atoms with E-state index in [4.69, 9.17) is 9.47 Å². The summed E-state index contributed by atoms with van der Waals surface area (Å²) in [6.45, 7) is 2.63. The van der Waals surface area contributed by atoms with Crippen LogP contribution in [-0.2, 0) is 19.1 Å². The van der Waals surface area contributed by atoms with E-state index in [1.165, 1.54) is 0 Å². The first-order valence-electron chi connectivity index (χ1n) is 5.64. The molecule has 2 atom stereocenters. The second-order valence-electron chi connectivity index (χ2n) is 4.32. The Morgan fingerprint density at radius 2 is 2.38 bits per heavy atom. The van der Waals surface area contributed by atoms with E-state index in [1.54, 1.807) is 18.9 Å². The van der Waals surface area contributed by atoms with Crippen molar-refractivity contribution in [2.24, 2.45) is 0 Å². The molecule has 2 saturated heterocycles. The standard InChI is InChI=1S/C11H17NO4/c1-3-16-10(14)11-5-4-9(13)12(11)7-8(6-11)15-2/h8H,3-7H2,1-2H3/t8?,11-/m0/s1. The van der Waals surface area contributed by atoms with Crippen LogP contribution in [-0.4, -0.2) is 48.7 Å². The van der Waals surface area contributed by atoms with Gasteiger partial charge in [-0.2, -0.15) is 0 Å². The van der Waals surface area contributed by atoms with Crippen molar-refractivity contribution < 1.29 is 19.1 Å². The Morgan fingerprint density at radius 3 is 3.00 bits per heavy atom. The average Bonchev–Trinajstić information content (AvgIpc) is 2.78. The summed E-state index contributed by atoms with van der Waals surface area (Å²) in [6.07, 6.45) is 1.52. The van der Waals surface area contributed by atoms with Crippen molar-refractivity contribution >= 4 is 11.9 Å². The summed E-state index contributed by atoms with van der Waals surface area (Å²) in [5, 5.41) is 0. The van der Waals surface area contributed by atoms with Crippen LogP contribution in [0.1, 0.15) is 26.2 Å². The zero-order valence-electron chi connectivity index (χ0n) is 9.69. The van der Waals surface area contributed by atoms with Crippen LogP contribution in [0, 0.1) is 0 Å². The lowest BCUT2D eigenvalue weighted by molar-refractivity contribution is -0.157. The summed E-state index contributed by atoms with van der Waals surface area (Å²) >= 11 is 0. The monoisotopic (exact) mass is 227 g/mol. The van der Waals surface area contributed by atoms with Crippen molar-refractivity contribution in [3.8, 4) is 0 Å². The first-order valence-corrected chi connectivity index (χ1v) is 5.64. The fourth-order valence-electron chi connectivity index (χ4n) is 2.67. The highest BCUT2D eigenvalue weighted by molar-refractivity contribution is 5.92. The zero-order valence-corrected chi connectivity index (χ0v) is 9.69. The van der Waals surface area contributed by atoms with E-state index in [1.807, 2.05) is 0 Å². The molecule has 5 nitrogen and oxygen atoms in total. The van der Waals surface area contributed by atoms with Crippen LogP contribution >= 0.6 is 0 Å². The Labute approximate surface area is 94.7 Å². The molecule has 5 heteroatoms. The number of carbonyl (C=O) groups is 2. The summed E-state index contributed by atoms with van der Waals surface area (Å²) in [6, 6.07) is 0. The number of methoxy groups -OCH3 is 1. The number of fused-ring (bicyclic) bond motifs is 1. The van der Waals surface area contributed by atoms with E-state index in [0.717, 1.165) is 0 Å². The topological polar surface area (TPSA) is 55.8 Å². The zero-order chi connectivity index (χ0) is 11.8. The Bertz CT molecular complexity index is 317. The summed E-state index contributed by atoms with van der Waals surface area (Å²) in [4.78, 5) is 25.3. The average molecular weight is 227 g/mol. The maximum atomic E-state index is 12.0. The van der Waals surface area contributed by atoms with Gasteiger partial charge in [0.05, 0.1) is 12.7 Å². The van der Waals surface area contributed by atoms with Gasteiger partial charge in [0.2, 0.25) is 5.91 Å². The van der Waals surface area contributed by atoms with Crippen LogP contribution in [0.25, 0.3) is 0 Å². The summed E-state index contributed by atoms with van der Waals surface area (Å²) in [7, 11) is 1.61. The molecule has 0 radical (unpaired) electrons. The number of rotatable bonds is 3. The lowest BCUT2D eigenvalue weighted by Crippen LogP contribution is -2.48. The molecule has 0 N–H and O–H groups in total. The van der Waals surface area contributed by atoms with Crippen molar-refractivity contribution in [1.82, 2.24) is 4.90 Å². The Morgan fingerprint density at radius 1 is 1.62 bits per heavy atom. The van der Waals surface area contributed by atoms with Crippen LogP contribution in [0.2, 0.25) is 0 Å². The fraction of sp³-hybridized carbons (Fsp3) is 0.818. The van der Waals surface area contributed by atoms with Crippen molar-refractivity contribution in [1.29, 1.82) is 0 Å². The number of hydrogen-bond donors (Lipinski definition) is 0. The molecule has 2 heterocycles. The van der Waals surface area contributed by atoms with E-state index in [-0.39, 0.29) is 18.0 Å². The minimum absolute atomic E-state index is 0.0348. The van der Waals surface area contributed by atoms with Crippen molar-refractivity contribution in [3.63, 3.8) is 0 Å². The molecule has 1 unspecified atom stereocenters. The highest BCUT2D eigenvalue weighted by Gasteiger charge is 2.57. The number of esters is 1. The van der Waals surface area contributed by atoms with Gasteiger partial charge in [0.25, 0.3) is 0 Å². The van der Waals surface area contributed by atoms with Crippen LogP contribution in [0.5, 0.6) is 0 Å². The van der Waals surface area contributed by atoms with E-state index in [9.17, 15) is 9.59 Å². The molecule has 0 spiro atoms. The third-order valence-electron chi connectivity index (χ3n) is 3.51. The maximum absolute atomic E-state index is 12.0. The lowest BCUT2D eigenvalue weighted by atomic mass is 9.93. The Balaban J connectivity index is 2.22. The molecule has 0 aromatic heterocycles. The van der Waals surface area contributed by atoms with Gasteiger partial charge in [-0.3, -0.25) is 4.79 Å². The second-order valence-corrected chi connectivity index (χ2v) is 4.32. The first-order chi connectivity index (χ1) is 7.64. The Hall–Kier alpha value is -1.10. The van der Waals surface area contributed by atoms with E-state index >= 15 is 0 Å². The maximum Gasteiger partial charge on any atom is 0.332 e. The summed E-state index contributed by atoms with van der Waals surface area (Å²) < 4.78 is 10.3. The van der Waals surface area contributed by atoms with E-state index in [0.29, 0.717) is 32.4 Å². The smallest absolute Gasteiger partial charge is 0.332 e. The molecule has 90 valence electrons. The van der Waals surface area contributed by atoms with Gasteiger partial charge >= 0.3 is 5.97 Å². The van der Waals surface area contributed by atoms with Crippen LogP contribution in [0.15, 0.2) is 0 Å². The first kappa shape index (κ1) is 11.4. The predicted octanol–water partition coefficient (Wildman–Crippen LogP) is 0.329. The van der Waals surface area contributed by atoms with Gasteiger partial charge < -0.3 is 14.4 Å². The van der Waals surface area contributed by atoms with Gasteiger partial charge in [0.1, 0.15) is 5.54 Å². The van der Waals surface area contributed by atoms with Gasteiger partial charge in [0, 0.05) is 26.5 Å². The van der Waals surface area contributed by atoms with Gasteiger partial charge in [-0.1, -0.05) is 0 Å². The quantitative estimate of drug-likeness (QED) is 0.652. The molecule has 2 fully saturated rings. The largest absolute Gasteiger partial charge is 0.464 e. The fourth-order valence-corrected chi connectivity index (χ4v) is 2.67. The normalized spacial score (nSPS) is 33.0.